The summed E-state index contributed by atoms with van der Waals surface area (Å²) >= 11 is 0. The minimum Gasteiger partial charge on any atom is -0.283 e. The smallest absolute Gasteiger partial charge is 0.0845 e. The first-order chi connectivity index (χ1) is 12.7. The lowest BCUT2D eigenvalue weighted by Gasteiger charge is -2.05. The van der Waals surface area contributed by atoms with Gasteiger partial charge in [-0.15, -0.1) is 0 Å². The molecule has 0 saturated carbocycles. The van der Waals surface area contributed by atoms with Crippen molar-refractivity contribution in [2.45, 2.75) is 26.9 Å². The Hall–Kier alpha value is -3.07. The van der Waals surface area contributed by atoms with Gasteiger partial charge in [0.25, 0.3) is 0 Å². The first-order valence-corrected chi connectivity index (χ1v) is 8.80. The molecule has 3 heteroatoms. The van der Waals surface area contributed by atoms with Crippen LogP contribution in [0.4, 0.5) is 0 Å². The molecule has 0 N–H and O–H groups in total. The van der Waals surface area contributed by atoms with E-state index >= 15 is 0 Å². The molecule has 0 radical (unpaired) electrons. The van der Waals surface area contributed by atoms with E-state index in [2.05, 4.69) is 34.3 Å². The quantitative estimate of drug-likeness (QED) is 0.575. The van der Waals surface area contributed by atoms with Crippen molar-refractivity contribution < 1.29 is 0 Å². The summed E-state index contributed by atoms with van der Waals surface area (Å²) in [7, 11) is 0. The van der Waals surface area contributed by atoms with E-state index in [-0.39, 0.29) is 0 Å². The number of hydrogen-bond donors (Lipinski definition) is 0. The van der Waals surface area contributed by atoms with Crippen molar-refractivity contribution in [1.82, 2.24) is 4.98 Å². The van der Waals surface area contributed by atoms with E-state index in [1.807, 2.05) is 68.4 Å². The summed E-state index contributed by atoms with van der Waals surface area (Å²) in [6, 6.07) is 26.5. The van der Waals surface area contributed by atoms with Gasteiger partial charge in [-0.25, -0.2) is 4.98 Å². The zero-order chi connectivity index (χ0) is 18.2. The monoisotopic (exact) mass is 341 g/mol. The van der Waals surface area contributed by atoms with Crippen LogP contribution in [0, 0.1) is 0 Å². The van der Waals surface area contributed by atoms with Gasteiger partial charge in [-0.3, -0.25) is 9.98 Å². The van der Waals surface area contributed by atoms with Crippen LogP contribution in [0.15, 0.2) is 88.8 Å². The molecule has 0 fully saturated rings. The Bertz CT molecular complexity index is 824. The van der Waals surface area contributed by atoms with Gasteiger partial charge in [0.15, 0.2) is 0 Å². The van der Waals surface area contributed by atoms with Gasteiger partial charge in [0.05, 0.1) is 35.9 Å². The Morgan fingerprint density at radius 1 is 0.615 bits per heavy atom. The normalized spacial score (nSPS) is 12.2. The molecule has 0 amide bonds. The van der Waals surface area contributed by atoms with E-state index in [1.54, 1.807) is 0 Å². The standard InChI is InChI=1S/C23H23N3/c1-18(24-16-20-10-5-3-6-11-20)22-14-9-15-23(26-22)19(2)25-17-21-12-7-4-8-13-21/h3-15H,16-17H2,1-2H3. The summed E-state index contributed by atoms with van der Waals surface area (Å²) in [5.41, 5.74) is 6.06. The van der Waals surface area contributed by atoms with E-state index in [9.17, 15) is 0 Å². The molecule has 26 heavy (non-hydrogen) atoms. The number of aliphatic imine (C=N–C) groups is 2. The summed E-state index contributed by atoms with van der Waals surface area (Å²) in [5.74, 6) is 0. The predicted octanol–water partition coefficient (Wildman–Crippen LogP) is 5.10. The van der Waals surface area contributed by atoms with Crippen molar-refractivity contribution in [1.29, 1.82) is 0 Å². The minimum absolute atomic E-state index is 0.666. The molecular weight excluding hydrogens is 318 g/mol. The second-order valence-electron chi connectivity index (χ2n) is 6.18. The van der Waals surface area contributed by atoms with E-state index in [0.29, 0.717) is 13.1 Å². The third-order valence-corrected chi connectivity index (χ3v) is 4.17. The van der Waals surface area contributed by atoms with Gasteiger partial charge < -0.3 is 0 Å². The first-order valence-electron chi connectivity index (χ1n) is 8.80. The lowest BCUT2D eigenvalue weighted by Crippen LogP contribution is -2.06. The van der Waals surface area contributed by atoms with Crippen LogP contribution in [0.3, 0.4) is 0 Å². The molecule has 0 atom stereocenters. The number of hydrogen-bond acceptors (Lipinski definition) is 3. The van der Waals surface area contributed by atoms with Crippen LogP contribution in [0.2, 0.25) is 0 Å². The third kappa shape index (κ3) is 4.96. The highest BCUT2D eigenvalue weighted by Crippen LogP contribution is 2.07. The average molecular weight is 341 g/mol. The SMILES string of the molecule is CC(=NCc1ccccc1)c1cccc(C(C)=NCc2ccccc2)n1. The van der Waals surface area contributed by atoms with Crippen molar-refractivity contribution in [2.75, 3.05) is 0 Å². The maximum atomic E-state index is 4.74. The molecule has 3 aromatic rings. The van der Waals surface area contributed by atoms with Crippen molar-refractivity contribution in [3.05, 3.63) is 101 Å². The number of benzene rings is 2. The number of nitrogens with zero attached hydrogens (tertiary/aromatic N) is 3. The highest BCUT2D eigenvalue weighted by Gasteiger charge is 2.04. The van der Waals surface area contributed by atoms with Crippen LogP contribution < -0.4 is 0 Å². The molecule has 3 nitrogen and oxygen atoms in total. The molecule has 1 heterocycles. The Kier molecular flexibility index (Phi) is 6.05. The molecule has 0 bridgehead atoms. The summed E-state index contributed by atoms with van der Waals surface area (Å²) in [6.45, 7) is 5.34. The molecule has 1 aromatic heterocycles. The average Bonchev–Trinajstić information content (AvgIpc) is 2.72. The van der Waals surface area contributed by atoms with Crippen LogP contribution >= 0.6 is 0 Å². The van der Waals surface area contributed by atoms with Crippen LogP contribution in [0.25, 0.3) is 0 Å². The molecule has 3 rings (SSSR count). The Labute approximate surface area is 155 Å². The highest BCUT2D eigenvalue weighted by atomic mass is 14.8. The maximum Gasteiger partial charge on any atom is 0.0845 e. The molecule has 2 aromatic carbocycles. The van der Waals surface area contributed by atoms with E-state index in [4.69, 9.17) is 4.98 Å². The molecule has 0 spiro atoms. The highest BCUT2D eigenvalue weighted by molar-refractivity contribution is 6.00. The Morgan fingerprint density at radius 3 is 1.46 bits per heavy atom. The fourth-order valence-electron chi connectivity index (χ4n) is 2.59. The third-order valence-electron chi connectivity index (χ3n) is 4.17. The van der Waals surface area contributed by atoms with E-state index in [0.717, 1.165) is 22.8 Å². The molecule has 0 aliphatic rings. The minimum atomic E-state index is 0.666. The van der Waals surface area contributed by atoms with Crippen LogP contribution in [-0.4, -0.2) is 16.4 Å². The fraction of sp³-hybridized carbons (Fsp3) is 0.174. The van der Waals surface area contributed by atoms with Crippen molar-refractivity contribution in [3.8, 4) is 0 Å². The lowest BCUT2D eigenvalue weighted by atomic mass is 10.2. The fourth-order valence-corrected chi connectivity index (χ4v) is 2.59. The van der Waals surface area contributed by atoms with E-state index < -0.39 is 0 Å². The molecular formula is C23H23N3. The lowest BCUT2D eigenvalue weighted by molar-refractivity contribution is 1.05. The first kappa shape index (κ1) is 17.7. The van der Waals surface area contributed by atoms with Crippen LogP contribution in [0.5, 0.6) is 0 Å². The summed E-state index contributed by atoms with van der Waals surface area (Å²) in [4.78, 5) is 14.1. The van der Waals surface area contributed by atoms with Crippen molar-refractivity contribution >= 4 is 11.4 Å². The molecule has 0 saturated heterocycles. The second kappa shape index (κ2) is 8.86. The topological polar surface area (TPSA) is 37.6 Å². The zero-order valence-electron chi connectivity index (χ0n) is 15.3. The second-order valence-corrected chi connectivity index (χ2v) is 6.18. The number of pyridine rings is 1. The predicted molar refractivity (Wildman–Crippen MR) is 109 cm³/mol. The van der Waals surface area contributed by atoms with Gasteiger partial charge in [0, 0.05) is 0 Å². The molecule has 0 aliphatic carbocycles. The van der Waals surface area contributed by atoms with Gasteiger partial charge >= 0.3 is 0 Å². The molecule has 130 valence electrons. The summed E-state index contributed by atoms with van der Waals surface area (Å²) < 4.78 is 0. The van der Waals surface area contributed by atoms with Gasteiger partial charge in [-0.05, 0) is 37.1 Å². The summed E-state index contributed by atoms with van der Waals surface area (Å²) in [6.07, 6.45) is 0. The Morgan fingerprint density at radius 2 is 1.04 bits per heavy atom. The van der Waals surface area contributed by atoms with E-state index in [1.165, 1.54) is 11.1 Å². The summed E-state index contributed by atoms with van der Waals surface area (Å²) in [5, 5.41) is 0. The number of aromatic nitrogens is 1. The van der Waals surface area contributed by atoms with Crippen molar-refractivity contribution in [3.63, 3.8) is 0 Å². The van der Waals surface area contributed by atoms with Crippen molar-refractivity contribution in [2.24, 2.45) is 9.98 Å². The van der Waals surface area contributed by atoms with Crippen LogP contribution in [-0.2, 0) is 13.1 Å². The largest absolute Gasteiger partial charge is 0.283 e. The molecule has 0 aliphatic heterocycles. The zero-order valence-corrected chi connectivity index (χ0v) is 15.3. The van der Waals surface area contributed by atoms with Gasteiger partial charge in [-0.1, -0.05) is 66.7 Å². The maximum absolute atomic E-state index is 4.74. The van der Waals surface area contributed by atoms with Crippen LogP contribution in [0.1, 0.15) is 36.4 Å². The molecule has 0 unspecified atom stereocenters. The number of rotatable bonds is 6. The van der Waals surface area contributed by atoms with Gasteiger partial charge in [0.2, 0.25) is 0 Å². The van der Waals surface area contributed by atoms with Gasteiger partial charge in [0.1, 0.15) is 0 Å². The Balaban J connectivity index is 1.72. The van der Waals surface area contributed by atoms with Gasteiger partial charge in [-0.2, -0.15) is 0 Å².